The molecule has 164 valence electrons. The number of methoxy groups -OCH3 is 1. The largest absolute Gasteiger partial charge is 0.495 e. The smallest absolute Gasteiger partial charge is 0.227 e. The fourth-order valence-electron chi connectivity index (χ4n) is 4.15. The first-order valence-corrected chi connectivity index (χ1v) is 10.7. The van der Waals surface area contributed by atoms with E-state index in [9.17, 15) is 14.4 Å². The van der Waals surface area contributed by atoms with Crippen LogP contribution in [0.4, 0.5) is 5.69 Å². The number of benzene rings is 1. The highest BCUT2D eigenvalue weighted by molar-refractivity contribution is 6.31. The molecule has 1 aromatic carbocycles. The van der Waals surface area contributed by atoms with Crippen LogP contribution in [0, 0.1) is 11.8 Å². The van der Waals surface area contributed by atoms with Crippen LogP contribution in [0.15, 0.2) is 18.2 Å². The van der Waals surface area contributed by atoms with Gasteiger partial charge in [0.15, 0.2) is 0 Å². The average molecular weight is 436 g/mol. The molecule has 30 heavy (non-hydrogen) atoms. The van der Waals surface area contributed by atoms with Gasteiger partial charge in [-0.3, -0.25) is 14.4 Å². The molecule has 2 saturated heterocycles. The molecular weight excluding hydrogens is 406 g/mol. The van der Waals surface area contributed by atoms with Gasteiger partial charge < -0.3 is 19.9 Å². The summed E-state index contributed by atoms with van der Waals surface area (Å²) < 4.78 is 5.28. The predicted molar refractivity (Wildman–Crippen MR) is 116 cm³/mol. The van der Waals surface area contributed by atoms with Crippen molar-refractivity contribution in [1.29, 1.82) is 0 Å². The van der Waals surface area contributed by atoms with E-state index in [-0.39, 0.29) is 41.5 Å². The van der Waals surface area contributed by atoms with Crippen molar-refractivity contribution in [2.45, 2.75) is 45.6 Å². The number of likely N-dealkylation sites (tertiary alicyclic amines) is 2. The molecule has 0 saturated carbocycles. The third kappa shape index (κ3) is 4.89. The number of carbonyl (C=O) groups excluding carboxylic acids is 3. The van der Waals surface area contributed by atoms with Crippen molar-refractivity contribution in [1.82, 2.24) is 9.80 Å². The highest BCUT2D eigenvalue weighted by Gasteiger charge is 2.41. The van der Waals surface area contributed by atoms with Gasteiger partial charge in [-0.15, -0.1) is 0 Å². The molecule has 1 atom stereocenters. The third-order valence-electron chi connectivity index (χ3n) is 5.88. The summed E-state index contributed by atoms with van der Waals surface area (Å²) in [6, 6.07) is 5.08. The van der Waals surface area contributed by atoms with Crippen molar-refractivity contribution in [2.24, 2.45) is 11.8 Å². The van der Waals surface area contributed by atoms with E-state index in [1.807, 2.05) is 20.8 Å². The van der Waals surface area contributed by atoms with Crippen LogP contribution in [-0.4, -0.2) is 59.8 Å². The average Bonchev–Trinajstić information content (AvgIpc) is 3.10. The lowest BCUT2D eigenvalue weighted by Gasteiger charge is -2.34. The van der Waals surface area contributed by atoms with Gasteiger partial charge in [-0.25, -0.2) is 0 Å². The fraction of sp³-hybridized carbons (Fsp3) is 0.591. The van der Waals surface area contributed by atoms with Crippen molar-refractivity contribution < 1.29 is 19.1 Å². The first kappa shape index (κ1) is 22.4. The fourth-order valence-corrected chi connectivity index (χ4v) is 4.33. The van der Waals surface area contributed by atoms with Gasteiger partial charge >= 0.3 is 0 Å². The Bertz CT molecular complexity index is 828. The number of halogens is 1. The number of nitrogens with one attached hydrogen (secondary N) is 1. The quantitative estimate of drug-likeness (QED) is 0.787. The topological polar surface area (TPSA) is 79.0 Å². The maximum absolute atomic E-state index is 12.9. The summed E-state index contributed by atoms with van der Waals surface area (Å²) in [7, 11) is 1.54. The summed E-state index contributed by atoms with van der Waals surface area (Å²) in [6.07, 6.45) is 1.44. The van der Waals surface area contributed by atoms with Gasteiger partial charge in [0.05, 0.1) is 18.7 Å². The van der Waals surface area contributed by atoms with Crippen LogP contribution < -0.4 is 10.1 Å². The van der Waals surface area contributed by atoms with Crippen LogP contribution in [0.3, 0.4) is 0 Å². The molecule has 0 spiro atoms. The summed E-state index contributed by atoms with van der Waals surface area (Å²) in [4.78, 5) is 41.5. The van der Waals surface area contributed by atoms with Crippen LogP contribution in [-0.2, 0) is 14.4 Å². The number of anilines is 1. The van der Waals surface area contributed by atoms with Crippen LogP contribution in [0.5, 0.6) is 5.75 Å². The maximum Gasteiger partial charge on any atom is 0.227 e. The van der Waals surface area contributed by atoms with Crippen molar-refractivity contribution in [3.8, 4) is 5.75 Å². The van der Waals surface area contributed by atoms with E-state index in [0.717, 1.165) is 0 Å². The molecule has 3 amide bonds. The van der Waals surface area contributed by atoms with Gasteiger partial charge in [-0.2, -0.15) is 0 Å². The summed E-state index contributed by atoms with van der Waals surface area (Å²) >= 11 is 6.03. The molecule has 2 aliphatic heterocycles. The van der Waals surface area contributed by atoms with Crippen LogP contribution in [0.25, 0.3) is 0 Å². The zero-order chi connectivity index (χ0) is 22.1. The van der Waals surface area contributed by atoms with Gasteiger partial charge in [-0.05, 0) is 51.8 Å². The number of amides is 3. The molecule has 8 heteroatoms. The Morgan fingerprint density at radius 1 is 1.17 bits per heavy atom. The number of carbonyl (C=O) groups is 3. The Morgan fingerprint density at radius 3 is 2.40 bits per heavy atom. The summed E-state index contributed by atoms with van der Waals surface area (Å²) in [5, 5.41) is 3.41. The summed E-state index contributed by atoms with van der Waals surface area (Å²) in [6.45, 7) is 7.45. The van der Waals surface area contributed by atoms with Crippen molar-refractivity contribution in [3.05, 3.63) is 23.2 Å². The van der Waals surface area contributed by atoms with Crippen molar-refractivity contribution >= 4 is 35.0 Å². The highest BCUT2D eigenvalue weighted by atomic mass is 35.5. The molecule has 0 radical (unpaired) electrons. The number of piperidine rings is 1. The number of hydrogen-bond acceptors (Lipinski definition) is 4. The second-order valence-electron chi connectivity index (χ2n) is 9.01. The van der Waals surface area contributed by atoms with E-state index in [1.165, 1.54) is 7.11 Å². The monoisotopic (exact) mass is 435 g/mol. The minimum Gasteiger partial charge on any atom is -0.495 e. The molecule has 1 N–H and O–H groups in total. The van der Waals surface area contributed by atoms with E-state index >= 15 is 0 Å². The predicted octanol–water partition coefficient (Wildman–Crippen LogP) is 3.17. The number of nitrogens with zero attached hydrogens (tertiary/aromatic N) is 2. The normalized spacial score (nSPS) is 20.4. The first-order chi connectivity index (χ1) is 14.1. The molecule has 2 fully saturated rings. The number of hydrogen-bond donors (Lipinski definition) is 1. The molecule has 0 aromatic heterocycles. The van der Waals surface area contributed by atoms with E-state index in [2.05, 4.69) is 5.32 Å². The van der Waals surface area contributed by atoms with E-state index in [4.69, 9.17) is 16.3 Å². The highest BCUT2D eigenvalue weighted by Crippen LogP contribution is 2.31. The molecule has 2 heterocycles. The maximum atomic E-state index is 12.9. The van der Waals surface area contributed by atoms with Gasteiger partial charge in [0.2, 0.25) is 17.7 Å². The second-order valence-corrected chi connectivity index (χ2v) is 9.45. The van der Waals surface area contributed by atoms with Crippen molar-refractivity contribution in [2.75, 3.05) is 32.1 Å². The molecule has 0 bridgehead atoms. The minimum atomic E-state index is -0.294. The lowest BCUT2D eigenvalue weighted by atomic mass is 9.94. The molecule has 7 nitrogen and oxygen atoms in total. The van der Waals surface area contributed by atoms with Gasteiger partial charge in [-0.1, -0.05) is 11.6 Å². The summed E-state index contributed by atoms with van der Waals surface area (Å²) in [5.41, 5.74) is 0.263. The number of rotatable bonds is 4. The number of ether oxygens (including phenoxy) is 1. The molecule has 0 aliphatic carbocycles. The van der Waals surface area contributed by atoms with Gasteiger partial charge in [0, 0.05) is 42.5 Å². The minimum absolute atomic E-state index is 0.0190. The van der Waals surface area contributed by atoms with Crippen LogP contribution in [0.1, 0.15) is 40.0 Å². The SMILES string of the molecule is COc1ccc(Cl)cc1NC(=O)C1CCN(C(=O)C2CC(=O)N(C(C)(C)C)C2)CC1. The van der Waals surface area contributed by atoms with Gasteiger partial charge in [0.1, 0.15) is 5.75 Å². The molecule has 1 aromatic rings. The molecular formula is C22H30ClN3O4. The van der Waals surface area contributed by atoms with Gasteiger partial charge in [0.25, 0.3) is 0 Å². The first-order valence-electron chi connectivity index (χ1n) is 10.3. The standard InChI is InChI=1S/C22H30ClN3O4/c1-22(2,3)26-13-15(11-19(26)27)21(29)25-9-7-14(8-10-25)20(28)24-17-12-16(23)5-6-18(17)30-4/h5-6,12,14-15H,7-11,13H2,1-4H3,(H,24,28). The van der Waals surface area contributed by atoms with Crippen LogP contribution >= 0.6 is 11.6 Å². The lowest BCUT2D eigenvalue weighted by molar-refractivity contribution is -0.138. The third-order valence-corrected chi connectivity index (χ3v) is 6.12. The Morgan fingerprint density at radius 2 is 1.83 bits per heavy atom. The van der Waals surface area contributed by atoms with E-state index in [1.54, 1.807) is 28.0 Å². The zero-order valence-electron chi connectivity index (χ0n) is 18.0. The van der Waals surface area contributed by atoms with Crippen LogP contribution in [0.2, 0.25) is 5.02 Å². The molecule has 1 unspecified atom stereocenters. The van der Waals surface area contributed by atoms with E-state index < -0.39 is 0 Å². The zero-order valence-corrected chi connectivity index (χ0v) is 18.8. The van der Waals surface area contributed by atoms with E-state index in [0.29, 0.717) is 48.9 Å². The van der Waals surface area contributed by atoms with Crippen molar-refractivity contribution in [3.63, 3.8) is 0 Å². The Balaban J connectivity index is 1.55. The Labute approximate surface area is 182 Å². The lowest BCUT2D eigenvalue weighted by Crippen LogP contribution is -2.46. The molecule has 3 rings (SSSR count). The second kappa shape index (κ2) is 8.84. The molecule has 2 aliphatic rings. The summed E-state index contributed by atoms with van der Waals surface area (Å²) in [5.74, 6) is 0.0233. The Hall–Kier alpha value is -2.28. The Kier molecular flexibility index (Phi) is 6.60.